The monoisotopic (exact) mass is 315 g/mol. The maximum Gasteiger partial charge on any atom is 0.256 e. The molecule has 0 spiro atoms. The van der Waals surface area contributed by atoms with Gasteiger partial charge in [-0.25, -0.2) is 0 Å². The summed E-state index contributed by atoms with van der Waals surface area (Å²) < 4.78 is 0.768. The van der Waals surface area contributed by atoms with Gasteiger partial charge in [0.1, 0.15) is 0 Å². The van der Waals surface area contributed by atoms with Crippen LogP contribution in [0.15, 0.2) is 53.1 Å². The molecule has 0 saturated carbocycles. The van der Waals surface area contributed by atoms with Crippen LogP contribution in [0.3, 0.4) is 0 Å². The van der Waals surface area contributed by atoms with Gasteiger partial charge in [0.25, 0.3) is 5.91 Å². The van der Waals surface area contributed by atoms with Gasteiger partial charge < -0.3 is 5.32 Å². The van der Waals surface area contributed by atoms with Gasteiger partial charge in [0.15, 0.2) is 0 Å². The minimum atomic E-state index is -0.158. The van der Waals surface area contributed by atoms with Crippen molar-refractivity contribution in [3.8, 4) is 0 Å². The molecule has 94 valence electrons. The third-order valence-corrected chi connectivity index (χ3v) is 3.53. The number of benzene rings is 2. The molecule has 19 heavy (non-hydrogen) atoms. The number of rotatable bonds is 2. The molecule has 0 aliphatic heterocycles. The molecule has 0 aliphatic rings. The molecule has 5 heteroatoms. The average molecular weight is 316 g/mol. The quantitative estimate of drug-likeness (QED) is 0.759. The lowest BCUT2D eigenvalue weighted by atomic mass is 10.2. The van der Waals surface area contributed by atoms with E-state index in [4.69, 9.17) is 0 Å². The van der Waals surface area contributed by atoms with Crippen molar-refractivity contribution in [1.29, 1.82) is 0 Å². The number of aromatic amines is 1. The first-order valence-corrected chi connectivity index (χ1v) is 6.53. The largest absolute Gasteiger partial charge is 0.320 e. The van der Waals surface area contributed by atoms with E-state index in [9.17, 15) is 4.79 Å². The number of fused-ring (bicyclic) bond motifs is 1. The summed E-state index contributed by atoms with van der Waals surface area (Å²) in [7, 11) is 0. The van der Waals surface area contributed by atoms with Crippen molar-refractivity contribution in [1.82, 2.24) is 10.2 Å². The molecule has 0 bridgehead atoms. The van der Waals surface area contributed by atoms with Crippen molar-refractivity contribution in [3.63, 3.8) is 0 Å². The van der Waals surface area contributed by atoms with Crippen LogP contribution < -0.4 is 5.32 Å². The maximum atomic E-state index is 12.2. The lowest BCUT2D eigenvalue weighted by Crippen LogP contribution is -2.12. The zero-order chi connectivity index (χ0) is 13.2. The first-order chi connectivity index (χ1) is 9.25. The van der Waals surface area contributed by atoms with Gasteiger partial charge in [-0.1, -0.05) is 24.3 Å². The van der Waals surface area contributed by atoms with Crippen molar-refractivity contribution in [2.45, 2.75) is 0 Å². The Morgan fingerprint density at radius 2 is 2.00 bits per heavy atom. The summed E-state index contributed by atoms with van der Waals surface area (Å²) in [6, 6.07) is 13.0. The predicted octanol–water partition coefficient (Wildman–Crippen LogP) is 3.58. The Morgan fingerprint density at radius 3 is 2.84 bits per heavy atom. The number of hydrogen-bond donors (Lipinski definition) is 2. The number of nitrogens with zero attached hydrogens (tertiary/aromatic N) is 1. The standard InChI is InChI=1S/C14H10BrN3O/c15-11-6-2-1-5-10(11)14(19)17-12-7-3-4-9-8-16-18-13(9)12/h1-8H,(H,16,18)(H,17,19). The number of carbonyl (C=O) groups excluding carboxylic acids is 1. The molecule has 4 nitrogen and oxygen atoms in total. The number of amides is 1. The van der Waals surface area contributed by atoms with Crippen LogP contribution in [0.5, 0.6) is 0 Å². The lowest BCUT2D eigenvalue weighted by molar-refractivity contribution is 0.102. The van der Waals surface area contributed by atoms with Gasteiger partial charge in [0.05, 0.1) is 23.0 Å². The summed E-state index contributed by atoms with van der Waals surface area (Å²) in [6.07, 6.45) is 1.73. The molecular formula is C14H10BrN3O. The summed E-state index contributed by atoms with van der Waals surface area (Å²) >= 11 is 3.37. The molecule has 3 rings (SSSR count). The fourth-order valence-corrected chi connectivity index (χ4v) is 2.37. The summed E-state index contributed by atoms with van der Waals surface area (Å²) in [5.74, 6) is -0.158. The van der Waals surface area contributed by atoms with Crippen molar-refractivity contribution in [2.75, 3.05) is 5.32 Å². The Hall–Kier alpha value is -2.14. The number of carbonyl (C=O) groups is 1. The SMILES string of the molecule is O=C(Nc1cccc2cn[nH]c12)c1ccccc1Br. The molecule has 2 aromatic carbocycles. The number of anilines is 1. The Labute approximate surface area is 118 Å². The highest BCUT2D eigenvalue weighted by molar-refractivity contribution is 9.10. The van der Waals surface area contributed by atoms with E-state index >= 15 is 0 Å². The topological polar surface area (TPSA) is 57.8 Å². The van der Waals surface area contributed by atoms with Gasteiger partial charge >= 0.3 is 0 Å². The summed E-state index contributed by atoms with van der Waals surface area (Å²) in [5.41, 5.74) is 2.14. The first kappa shape index (κ1) is 11.9. The van der Waals surface area contributed by atoms with E-state index in [0.717, 1.165) is 21.1 Å². The number of H-pyrrole nitrogens is 1. The van der Waals surface area contributed by atoms with Crippen LogP contribution in [-0.2, 0) is 0 Å². The third kappa shape index (κ3) is 2.24. The Bertz CT molecular complexity index is 751. The highest BCUT2D eigenvalue weighted by Crippen LogP contribution is 2.22. The molecule has 0 saturated heterocycles. The number of para-hydroxylation sites is 1. The van der Waals surface area contributed by atoms with Gasteiger partial charge in [-0.2, -0.15) is 5.10 Å². The van der Waals surface area contributed by atoms with Crippen LogP contribution in [0.25, 0.3) is 10.9 Å². The van der Waals surface area contributed by atoms with Crippen molar-refractivity contribution >= 4 is 38.4 Å². The Balaban J connectivity index is 1.95. The van der Waals surface area contributed by atoms with Crippen molar-refractivity contribution in [2.24, 2.45) is 0 Å². The zero-order valence-corrected chi connectivity index (χ0v) is 11.4. The van der Waals surface area contributed by atoms with E-state index in [1.54, 1.807) is 12.3 Å². The molecule has 3 aromatic rings. The van der Waals surface area contributed by atoms with Crippen LogP contribution in [0.2, 0.25) is 0 Å². The number of hydrogen-bond acceptors (Lipinski definition) is 2. The lowest BCUT2D eigenvalue weighted by Gasteiger charge is -2.07. The maximum absolute atomic E-state index is 12.2. The molecule has 0 unspecified atom stereocenters. The summed E-state index contributed by atoms with van der Waals surface area (Å²) in [5, 5.41) is 10.7. The second kappa shape index (κ2) is 4.85. The van der Waals surface area contributed by atoms with E-state index in [1.807, 2.05) is 36.4 Å². The van der Waals surface area contributed by atoms with Crippen molar-refractivity contribution in [3.05, 3.63) is 58.7 Å². The van der Waals surface area contributed by atoms with E-state index in [1.165, 1.54) is 0 Å². The Morgan fingerprint density at radius 1 is 1.16 bits per heavy atom. The van der Waals surface area contributed by atoms with Gasteiger partial charge in [0, 0.05) is 9.86 Å². The molecule has 1 aromatic heterocycles. The van der Waals surface area contributed by atoms with Crippen molar-refractivity contribution < 1.29 is 4.79 Å². The third-order valence-electron chi connectivity index (χ3n) is 2.84. The minimum absolute atomic E-state index is 0.158. The molecule has 0 radical (unpaired) electrons. The first-order valence-electron chi connectivity index (χ1n) is 5.73. The van der Waals surface area contributed by atoms with Crippen LogP contribution in [0.1, 0.15) is 10.4 Å². The van der Waals surface area contributed by atoms with Crippen LogP contribution in [0.4, 0.5) is 5.69 Å². The number of aromatic nitrogens is 2. The highest BCUT2D eigenvalue weighted by Gasteiger charge is 2.11. The number of nitrogens with one attached hydrogen (secondary N) is 2. The Kier molecular flexibility index (Phi) is 3.05. The van der Waals surface area contributed by atoms with E-state index in [2.05, 4.69) is 31.4 Å². The molecule has 0 aliphatic carbocycles. The van der Waals surface area contributed by atoms with Crippen LogP contribution in [0, 0.1) is 0 Å². The van der Waals surface area contributed by atoms with Gasteiger partial charge in [-0.15, -0.1) is 0 Å². The van der Waals surface area contributed by atoms with Gasteiger partial charge in [-0.3, -0.25) is 9.89 Å². The molecule has 2 N–H and O–H groups in total. The predicted molar refractivity (Wildman–Crippen MR) is 78.2 cm³/mol. The summed E-state index contributed by atoms with van der Waals surface area (Å²) in [6.45, 7) is 0. The molecule has 0 fully saturated rings. The van der Waals surface area contributed by atoms with Crippen LogP contribution >= 0.6 is 15.9 Å². The van der Waals surface area contributed by atoms with E-state index in [-0.39, 0.29) is 5.91 Å². The van der Waals surface area contributed by atoms with Gasteiger partial charge in [0.2, 0.25) is 0 Å². The molecule has 1 heterocycles. The average Bonchev–Trinajstić information content (AvgIpc) is 2.88. The molecule has 1 amide bonds. The summed E-state index contributed by atoms with van der Waals surface area (Å²) in [4.78, 5) is 12.2. The van der Waals surface area contributed by atoms with E-state index < -0.39 is 0 Å². The highest BCUT2D eigenvalue weighted by atomic mass is 79.9. The number of halogens is 1. The minimum Gasteiger partial charge on any atom is -0.320 e. The smallest absolute Gasteiger partial charge is 0.256 e. The molecule has 0 atom stereocenters. The van der Waals surface area contributed by atoms with Crippen LogP contribution in [-0.4, -0.2) is 16.1 Å². The molecular weight excluding hydrogens is 306 g/mol. The second-order valence-electron chi connectivity index (χ2n) is 4.07. The fourth-order valence-electron chi connectivity index (χ4n) is 1.91. The normalized spacial score (nSPS) is 10.6. The zero-order valence-electron chi connectivity index (χ0n) is 9.85. The fraction of sp³-hybridized carbons (Fsp3) is 0. The van der Waals surface area contributed by atoms with Gasteiger partial charge in [-0.05, 0) is 34.1 Å². The second-order valence-corrected chi connectivity index (χ2v) is 4.93. The van der Waals surface area contributed by atoms with E-state index in [0.29, 0.717) is 5.56 Å².